The van der Waals surface area contributed by atoms with Gasteiger partial charge in [0, 0.05) is 43.3 Å². The number of hydrogen-bond acceptors (Lipinski definition) is 5. The lowest BCUT2D eigenvalue weighted by Crippen LogP contribution is -2.35. The maximum Gasteiger partial charge on any atom is 0.177 e. The number of carbonyl (C=O) groups excluding carboxylic acids is 1. The first-order valence-electron chi connectivity index (χ1n) is 7.93. The third-order valence-corrected chi connectivity index (χ3v) is 5.66. The molecule has 0 N–H and O–H groups in total. The molecule has 128 valence electrons. The fourth-order valence-corrected chi connectivity index (χ4v) is 4.07. The second kappa shape index (κ2) is 6.39. The molecule has 7 heteroatoms. The highest BCUT2D eigenvalue weighted by Crippen LogP contribution is 2.32. The number of benzene rings is 1. The molecule has 1 aliphatic heterocycles. The van der Waals surface area contributed by atoms with E-state index < -0.39 is 9.84 Å². The molecule has 0 saturated carbocycles. The molecule has 3 rings (SSSR count). The van der Waals surface area contributed by atoms with Gasteiger partial charge in [-0.1, -0.05) is 0 Å². The van der Waals surface area contributed by atoms with Gasteiger partial charge in [0.2, 0.25) is 0 Å². The summed E-state index contributed by atoms with van der Waals surface area (Å²) in [5.41, 5.74) is 1.17. The van der Waals surface area contributed by atoms with Gasteiger partial charge in [0.15, 0.2) is 15.6 Å². The molecule has 0 bridgehead atoms. The van der Waals surface area contributed by atoms with Crippen LogP contribution in [0.4, 0.5) is 5.69 Å². The Morgan fingerprint density at radius 1 is 1.25 bits per heavy atom. The van der Waals surface area contributed by atoms with E-state index in [0.29, 0.717) is 17.3 Å². The van der Waals surface area contributed by atoms with Crippen LogP contribution in [0, 0.1) is 0 Å². The van der Waals surface area contributed by atoms with E-state index >= 15 is 0 Å². The van der Waals surface area contributed by atoms with Gasteiger partial charge < -0.3 is 9.47 Å². The smallest absolute Gasteiger partial charge is 0.177 e. The molecule has 1 aliphatic rings. The van der Waals surface area contributed by atoms with E-state index in [1.807, 2.05) is 12.5 Å². The number of Topliss-reactive ketones (excluding diaryl/α,β-unsaturated/α-hetero) is 1. The lowest BCUT2D eigenvalue weighted by Gasteiger charge is -2.35. The summed E-state index contributed by atoms with van der Waals surface area (Å²) < 4.78 is 26.3. The van der Waals surface area contributed by atoms with E-state index in [-0.39, 0.29) is 10.7 Å². The van der Waals surface area contributed by atoms with Crippen molar-refractivity contribution in [3.63, 3.8) is 0 Å². The summed E-state index contributed by atoms with van der Waals surface area (Å²) in [6, 6.07) is 5.21. The van der Waals surface area contributed by atoms with E-state index in [9.17, 15) is 13.2 Å². The second-order valence-corrected chi connectivity index (χ2v) is 8.22. The zero-order valence-corrected chi connectivity index (χ0v) is 14.7. The molecule has 1 saturated heterocycles. The molecule has 0 radical (unpaired) electrons. The van der Waals surface area contributed by atoms with Crippen molar-refractivity contribution in [3.8, 4) is 0 Å². The number of piperidine rings is 1. The predicted molar refractivity (Wildman–Crippen MR) is 92.3 cm³/mol. The molecular weight excluding hydrogens is 326 g/mol. The Morgan fingerprint density at radius 3 is 2.50 bits per heavy atom. The van der Waals surface area contributed by atoms with Crippen LogP contribution >= 0.6 is 0 Å². The van der Waals surface area contributed by atoms with E-state index in [4.69, 9.17) is 0 Å². The molecule has 0 amide bonds. The van der Waals surface area contributed by atoms with Crippen molar-refractivity contribution < 1.29 is 13.2 Å². The fraction of sp³-hybridized carbons (Fsp3) is 0.412. The van der Waals surface area contributed by atoms with Gasteiger partial charge in [-0.25, -0.2) is 13.4 Å². The third kappa shape index (κ3) is 3.36. The van der Waals surface area contributed by atoms with Crippen LogP contribution in [0.3, 0.4) is 0 Å². The first-order valence-corrected chi connectivity index (χ1v) is 9.83. The zero-order valence-electron chi connectivity index (χ0n) is 13.8. The number of aromatic nitrogens is 2. The largest absolute Gasteiger partial charge is 0.370 e. The lowest BCUT2D eigenvalue weighted by molar-refractivity contribution is 0.101. The van der Waals surface area contributed by atoms with E-state index in [2.05, 4.69) is 14.5 Å². The molecule has 6 nitrogen and oxygen atoms in total. The van der Waals surface area contributed by atoms with E-state index in [1.54, 1.807) is 24.4 Å². The van der Waals surface area contributed by atoms with Crippen LogP contribution in [0.25, 0.3) is 0 Å². The second-order valence-electron chi connectivity index (χ2n) is 6.24. The number of nitrogens with zero attached hydrogens (tertiary/aromatic N) is 3. The monoisotopic (exact) mass is 347 g/mol. The van der Waals surface area contributed by atoms with Crippen molar-refractivity contribution in [1.82, 2.24) is 9.55 Å². The van der Waals surface area contributed by atoms with Gasteiger partial charge in [0.1, 0.15) is 0 Å². The summed E-state index contributed by atoms with van der Waals surface area (Å²) in [4.78, 5) is 18.1. The fourth-order valence-electron chi connectivity index (χ4n) is 3.19. The summed E-state index contributed by atoms with van der Waals surface area (Å²) in [5.74, 6) is -0.0652. The predicted octanol–water partition coefficient (Wildman–Crippen LogP) is 2.33. The number of anilines is 1. The number of rotatable bonds is 4. The molecule has 2 heterocycles. The number of ketones is 1. The normalized spacial score (nSPS) is 16.3. The van der Waals surface area contributed by atoms with Crippen molar-refractivity contribution in [2.75, 3.05) is 24.2 Å². The van der Waals surface area contributed by atoms with Gasteiger partial charge in [-0.3, -0.25) is 4.79 Å². The number of sulfone groups is 1. The minimum absolute atomic E-state index is 0.0652. The van der Waals surface area contributed by atoms with Gasteiger partial charge in [-0.2, -0.15) is 0 Å². The van der Waals surface area contributed by atoms with Gasteiger partial charge in [0.25, 0.3) is 0 Å². The molecular formula is C17H21N3O3S. The van der Waals surface area contributed by atoms with Crippen LogP contribution in [-0.2, 0) is 9.84 Å². The SMILES string of the molecule is CC(=O)c1ccc(S(C)(=O)=O)c(N2CCC(n3ccnc3)CC2)c1. The van der Waals surface area contributed by atoms with Crippen molar-refractivity contribution in [1.29, 1.82) is 0 Å². The van der Waals surface area contributed by atoms with Gasteiger partial charge >= 0.3 is 0 Å². The Hall–Kier alpha value is -2.15. The number of hydrogen-bond donors (Lipinski definition) is 0. The van der Waals surface area contributed by atoms with Crippen LogP contribution in [-0.4, -0.2) is 43.1 Å². The molecule has 24 heavy (non-hydrogen) atoms. The summed E-state index contributed by atoms with van der Waals surface area (Å²) >= 11 is 0. The van der Waals surface area contributed by atoms with Crippen LogP contribution in [0.2, 0.25) is 0 Å². The zero-order chi connectivity index (χ0) is 17.3. The average Bonchev–Trinajstić information content (AvgIpc) is 3.08. The first kappa shape index (κ1) is 16.7. The quantitative estimate of drug-likeness (QED) is 0.794. The highest BCUT2D eigenvalue weighted by atomic mass is 32.2. The molecule has 0 atom stereocenters. The van der Waals surface area contributed by atoms with Crippen molar-refractivity contribution in [3.05, 3.63) is 42.5 Å². The number of imidazole rings is 1. The Kier molecular flexibility index (Phi) is 4.45. The highest BCUT2D eigenvalue weighted by Gasteiger charge is 2.25. The standard InChI is InChI=1S/C17H21N3O3S/c1-13(21)14-3-4-17(24(2,22)23)16(11-14)19-8-5-15(6-9-19)20-10-7-18-12-20/h3-4,7,10-12,15H,5-6,8-9H2,1-2H3. The Balaban J connectivity index is 1.88. The first-order chi connectivity index (χ1) is 11.4. The molecule has 1 fully saturated rings. The minimum atomic E-state index is -3.35. The van der Waals surface area contributed by atoms with Crippen LogP contribution in [0.1, 0.15) is 36.2 Å². The number of carbonyl (C=O) groups is 1. The van der Waals surface area contributed by atoms with Crippen LogP contribution in [0.5, 0.6) is 0 Å². The van der Waals surface area contributed by atoms with Crippen molar-refractivity contribution in [2.24, 2.45) is 0 Å². The summed E-state index contributed by atoms with van der Waals surface area (Å²) in [6.07, 6.45) is 8.56. The topological polar surface area (TPSA) is 72.3 Å². The van der Waals surface area contributed by atoms with E-state index in [0.717, 1.165) is 25.9 Å². The molecule has 0 unspecified atom stereocenters. The molecule has 1 aromatic carbocycles. The summed E-state index contributed by atoms with van der Waals surface area (Å²) in [7, 11) is -3.35. The Morgan fingerprint density at radius 2 is 1.96 bits per heavy atom. The third-order valence-electron chi connectivity index (χ3n) is 4.52. The molecule has 2 aromatic rings. The van der Waals surface area contributed by atoms with Gasteiger partial charge in [-0.05, 0) is 38.0 Å². The lowest BCUT2D eigenvalue weighted by atomic mass is 10.0. The molecule has 0 spiro atoms. The summed E-state index contributed by atoms with van der Waals surface area (Å²) in [6.45, 7) is 2.98. The van der Waals surface area contributed by atoms with Crippen molar-refractivity contribution >= 4 is 21.3 Å². The van der Waals surface area contributed by atoms with Gasteiger partial charge in [-0.15, -0.1) is 0 Å². The average molecular weight is 347 g/mol. The Labute approximate surface area is 142 Å². The molecule has 0 aliphatic carbocycles. The van der Waals surface area contributed by atoms with Gasteiger partial charge in [0.05, 0.1) is 16.9 Å². The van der Waals surface area contributed by atoms with Crippen molar-refractivity contribution in [2.45, 2.75) is 30.7 Å². The highest BCUT2D eigenvalue weighted by molar-refractivity contribution is 7.90. The maximum atomic E-state index is 12.1. The summed E-state index contributed by atoms with van der Waals surface area (Å²) in [5, 5.41) is 0. The maximum absolute atomic E-state index is 12.1. The molecule has 1 aromatic heterocycles. The minimum Gasteiger partial charge on any atom is -0.370 e. The van der Waals surface area contributed by atoms with E-state index in [1.165, 1.54) is 13.2 Å². The van der Waals surface area contributed by atoms with Crippen LogP contribution in [0.15, 0.2) is 41.8 Å². The van der Waals surface area contributed by atoms with Crippen LogP contribution < -0.4 is 4.90 Å². The Bertz CT molecular complexity index is 836.